The van der Waals surface area contributed by atoms with Crippen LogP contribution in [0.1, 0.15) is 11.1 Å². The molecular weight excluding hydrogens is 382 g/mol. The van der Waals surface area contributed by atoms with Gasteiger partial charge < -0.3 is 20.5 Å². The van der Waals surface area contributed by atoms with Gasteiger partial charge in [0, 0.05) is 35.7 Å². The number of nitrogens with zero attached hydrogens (tertiary/aromatic N) is 1. The van der Waals surface area contributed by atoms with Gasteiger partial charge in [0.05, 0.1) is 4.92 Å². The van der Waals surface area contributed by atoms with Gasteiger partial charge in [0.15, 0.2) is 0 Å². The molecule has 0 amide bonds. The predicted octanol–water partition coefficient (Wildman–Crippen LogP) is 4.29. The number of ether oxygens (including phenoxy) is 1. The lowest BCUT2D eigenvalue weighted by Gasteiger charge is -2.16. The van der Waals surface area contributed by atoms with E-state index in [1.165, 1.54) is 35.4 Å². The van der Waals surface area contributed by atoms with Crippen LogP contribution in [0.3, 0.4) is 0 Å². The number of non-ortho nitro benzene ring substituents is 1. The Morgan fingerprint density at radius 2 is 1.77 bits per heavy atom. The first-order valence-corrected chi connectivity index (χ1v) is 9.85. The molecule has 1 atom stereocenters. The molecule has 3 aromatic rings. The van der Waals surface area contributed by atoms with Gasteiger partial charge >= 0.3 is 0 Å². The Bertz CT molecular complexity index is 1040. The van der Waals surface area contributed by atoms with E-state index in [1.807, 2.05) is 12.1 Å². The molecule has 154 valence electrons. The van der Waals surface area contributed by atoms with E-state index in [1.54, 1.807) is 0 Å². The summed E-state index contributed by atoms with van der Waals surface area (Å²) in [6.45, 7) is 0.406. The van der Waals surface area contributed by atoms with E-state index in [2.05, 4.69) is 41.0 Å². The number of aryl methyl sites for hydroxylation is 2. The topological polar surface area (TPSA) is 96.7 Å². The molecule has 3 N–H and O–H groups in total. The number of nitro benzene ring substituents is 1. The van der Waals surface area contributed by atoms with Gasteiger partial charge in [-0.05, 0) is 54.3 Å². The fourth-order valence-corrected chi connectivity index (χ4v) is 3.45. The summed E-state index contributed by atoms with van der Waals surface area (Å²) in [5.41, 5.74) is 5.69. The van der Waals surface area contributed by atoms with Crippen molar-refractivity contribution >= 4 is 22.7 Å². The Balaban J connectivity index is 1.32. The van der Waals surface area contributed by atoms with E-state index in [4.69, 9.17) is 4.74 Å². The van der Waals surface area contributed by atoms with Crippen molar-refractivity contribution in [2.24, 2.45) is 0 Å². The third-order valence-corrected chi connectivity index (χ3v) is 5.09. The first-order chi connectivity index (χ1) is 14.6. The van der Waals surface area contributed by atoms with E-state index >= 15 is 0 Å². The van der Waals surface area contributed by atoms with Gasteiger partial charge in [0.2, 0.25) is 0 Å². The molecule has 7 nitrogen and oxygen atoms in total. The molecule has 7 heteroatoms. The molecule has 30 heavy (non-hydrogen) atoms. The van der Waals surface area contributed by atoms with Gasteiger partial charge in [-0.15, -0.1) is 0 Å². The molecule has 1 aliphatic rings. The zero-order valence-corrected chi connectivity index (χ0v) is 16.4. The Kier molecular flexibility index (Phi) is 5.81. The van der Waals surface area contributed by atoms with E-state index < -0.39 is 11.0 Å². The molecule has 1 unspecified atom stereocenters. The van der Waals surface area contributed by atoms with Gasteiger partial charge in [-0.2, -0.15) is 0 Å². The van der Waals surface area contributed by atoms with Gasteiger partial charge in [-0.3, -0.25) is 10.1 Å². The van der Waals surface area contributed by atoms with Gasteiger partial charge in [0.1, 0.15) is 18.5 Å². The number of anilines is 3. The molecule has 3 aromatic carbocycles. The molecule has 0 aromatic heterocycles. The maximum absolute atomic E-state index is 10.7. The zero-order valence-electron chi connectivity index (χ0n) is 16.4. The number of aliphatic hydroxyl groups excluding tert-OH is 1. The fourth-order valence-electron chi connectivity index (χ4n) is 3.45. The molecule has 4 rings (SSSR count). The number of hydrogen-bond donors (Lipinski definition) is 3. The lowest BCUT2D eigenvalue weighted by Crippen LogP contribution is -2.26. The van der Waals surface area contributed by atoms with Crippen molar-refractivity contribution in [3.8, 4) is 5.75 Å². The van der Waals surface area contributed by atoms with Crippen LogP contribution in [0.15, 0.2) is 66.7 Å². The highest BCUT2D eigenvalue weighted by Gasteiger charge is 2.13. The maximum atomic E-state index is 10.7. The smallest absolute Gasteiger partial charge is 0.269 e. The molecule has 1 heterocycles. The second kappa shape index (κ2) is 8.84. The minimum Gasteiger partial charge on any atom is -0.491 e. The Morgan fingerprint density at radius 3 is 2.53 bits per heavy atom. The van der Waals surface area contributed by atoms with Crippen LogP contribution in [0.2, 0.25) is 0 Å². The molecule has 0 saturated carbocycles. The number of rotatable bonds is 7. The third kappa shape index (κ3) is 4.69. The van der Waals surface area contributed by atoms with Crippen LogP contribution in [-0.2, 0) is 12.8 Å². The van der Waals surface area contributed by atoms with Crippen LogP contribution < -0.4 is 15.4 Å². The quantitative estimate of drug-likeness (QED) is 0.401. The minimum atomic E-state index is -0.729. The summed E-state index contributed by atoms with van der Waals surface area (Å²) in [6, 6.07) is 20.3. The zero-order chi connectivity index (χ0) is 20.9. The van der Waals surface area contributed by atoms with Crippen molar-refractivity contribution < 1.29 is 14.8 Å². The first-order valence-electron chi connectivity index (χ1n) is 9.85. The van der Waals surface area contributed by atoms with Crippen LogP contribution in [0, 0.1) is 10.1 Å². The van der Waals surface area contributed by atoms with Gasteiger partial charge in [0.25, 0.3) is 5.69 Å². The van der Waals surface area contributed by atoms with Crippen molar-refractivity contribution in [1.82, 2.24) is 0 Å². The summed E-state index contributed by atoms with van der Waals surface area (Å²) in [5.74, 6) is 0.479. The highest BCUT2D eigenvalue weighted by atomic mass is 16.6. The minimum absolute atomic E-state index is 0.00371. The standard InChI is InChI=1S/C23H23N3O4/c27-20(15-30-21-11-9-19(10-12-21)26(28)29)14-24-18-8-7-17-6-5-16-3-1-2-4-22(16)25-23(17)13-18/h1-4,7-13,20,24-25,27H,5-6,14-15H2. The molecule has 0 bridgehead atoms. The predicted molar refractivity (Wildman–Crippen MR) is 117 cm³/mol. The molecular formula is C23H23N3O4. The normalized spacial score (nSPS) is 13.2. The number of nitrogens with one attached hydrogen (secondary N) is 2. The molecule has 0 radical (unpaired) electrons. The second-order valence-electron chi connectivity index (χ2n) is 7.25. The average Bonchev–Trinajstić information content (AvgIpc) is 2.95. The van der Waals surface area contributed by atoms with Crippen LogP contribution in [-0.4, -0.2) is 29.3 Å². The monoisotopic (exact) mass is 405 g/mol. The van der Waals surface area contributed by atoms with Crippen molar-refractivity contribution in [3.05, 3.63) is 88.0 Å². The molecule has 0 saturated heterocycles. The van der Waals surface area contributed by atoms with Crippen molar-refractivity contribution in [2.75, 3.05) is 23.8 Å². The van der Waals surface area contributed by atoms with E-state index in [9.17, 15) is 15.2 Å². The third-order valence-electron chi connectivity index (χ3n) is 5.09. The summed E-state index contributed by atoms with van der Waals surface area (Å²) in [4.78, 5) is 10.2. The molecule has 0 spiro atoms. The van der Waals surface area contributed by atoms with Crippen LogP contribution in [0.4, 0.5) is 22.7 Å². The van der Waals surface area contributed by atoms with Crippen LogP contribution in [0.5, 0.6) is 5.75 Å². The highest BCUT2D eigenvalue weighted by Crippen LogP contribution is 2.31. The summed E-state index contributed by atoms with van der Waals surface area (Å²) >= 11 is 0. The van der Waals surface area contributed by atoms with Gasteiger partial charge in [-0.1, -0.05) is 24.3 Å². The van der Waals surface area contributed by atoms with Crippen molar-refractivity contribution in [2.45, 2.75) is 18.9 Å². The lowest BCUT2D eigenvalue weighted by molar-refractivity contribution is -0.384. The van der Waals surface area contributed by atoms with Gasteiger partial charge in [-0.25, -0.2) is 0 Å². The fraction of sp³-hybridized carbons (Fsp3) is 0.217. The SMILES string of the molecule is O=[N+]([O-])c1ccc(OCC(O)CNc2ccc3c(c2)Nc2ccccc2CC3)cc1. The summed E-state index contributed by atoms with van der Waals surface area (Å²) in [5, 5.41) is 27.7. The molecule has 1 aliphatic heterocycles. The highest BCUT2D eigenvalue weighted by molar-refractivity contribution is 5.71. The summed E-state index contributed by atoms with van der Waals surface area (Å²) in [7, 11) is 0. The maximum Gasteiger partial charge on any atom is 0.269 e. The van der Waals surface area contributed by atoms with E-state index in [0.717, 1.165) is 29.9 Å². The van der Waals surface area contributed by atoms with Crippen molar-refractivity contribution in [3.63, 3.8) is 0 Å². The Labute approximate surface area is 174 Å². The number of para-hydroxylation sites is 1. The number of hydrogen-bond acceptors (Lipinski definition) is 6. The van der Waals surface area contributed by atoms with Crippen LogP contribution in [0.25, 0.3) is 0 Å². The number of aliphatic hydroxyl groups is 1. The summed E-state index contributed by atoms with van der Waals surface area (Å²) in [6.07, 6.45) is 1.25. The largest absolute Gasteiger partial charge is 0.491 e. The first kappa shape index (κ1) is 19.7. The lowest BCUT2D eigenvalue weighted by atomic mass is 10.0. The Morgan fingerprint density at radius 1 is 1.03 bits per heavy atom. The second-order valence-corrected chi connectivity index (χ2v) is 7.25. The number of benzene rings is 3. The molecule has 0 aliphatic carbocycles. The molecule has 0 fully saturated rings. The Hall–Kier alpha value is -3.58. The van der Waals surface area contributed by atoms with E-state index in [-0.39, 0.29) is 12.3 Å². The van der Waals surface area contributed by atoms with Crippen molar-refractivity contribution in [1.29, 1.82) is 0 Å². The number of fused-ring (bicyclic) bond motifs is 2. The average molecular weight is 405 g/mol. The number of nitro groups is 1. The van der Waals surface area contributed by atoms with E-state index in [0.29, 0.717) is 12.3 Å². The summed E-state index contributed by atoms with van der Waals surface area (Å²) < 4.78 is 5.51. The van der Waals surface area contributed by atoms with Crippen LogP contribution >= 0.6 is 0 Å².